The van der Waals surface area contributed by atoms with E-state index in [1.807, 2.05) is 51.1 Å². The van der Waals surface area contributed by atoms with Crippen molar-refractivity contribution >= 4 is 22.5 Å². The number of nitrogens with one attached hydrogen (secondary N) is 3. The van der Waals surface area contributed by atoms with E-state index in [1.165, 1.54) is 6.42 Å². The zero-order valence-corrected chi connectivity index (χ0v) is 22.9. The fourth-order valence-corrected chi connectivity index (χ4v) is 3.90. The monoisotopic (exact) mass is 504 g/mol. The van der Waals surface area contributed by atoms with E-state index in [0.29, 0.717) is 18.2 Å². The molecule has 198 valence electrons. The number of benzene rings is 2. The van der Waals surface area contributed by atoms with Crippen molar-refractivity contribution in [3.8, 4) is 17.1 Å². The van der Waals surface area contributed by atoms with E-state index in [9.17, 15) is 0 Å². The van der Waals surface area contributed by atoms with Crippen LogP contribution in [0.25, 0.3) is 22.3 Å². The van der Waals surface area contributed by atoms with Crippen LogP contribution in [-0.4, -0.2) is 58.7 Å². The highest BCUT2D eigenvalue weighted by Crippen LogP contribution is 2.27. The number of anilines is 2. The summed E-state index contributed by atoms with van der Waals surface area (Å²) in [5, 5.41) is 24.2. The van der Waals surface area contributed by atoms with Gasteiger partial charge in [-0.2, -0.15) is 5.10 Å². The lowest BCUT2D eigenvalue weighted by atomic mass is 10.1. The molecule has 0 atom stereocenters. The predicted molar refractivity (Wildman–Crippen MR) is 152 cm³/mol. The third-order valence-corrected chi connectivity index (χ3v) is 5.68. The Balaban J connectivity index is 0.000000711. The highest BCUT2D eigenvalue weighted by Gasteiger charge is 2.19. The first kappa shape index (κ1) is 27.9. The van der Waals surface area contributed by atoms with Crippen LogP contribution in [0.1, 0.15) is 45.4 Å². The highest BCUT2D eigenvalue weighted by atomic mass is 16.5. The minimum absolute atomic E-state index is 0.603. The molecule has 0 amide bonds. The van der Waals surface area contributed by atoms with Gasteiger partial charge in [0.05, 0.1) is 12.6 Å². The van der Waals surface area contributed by atoms with Gasteiger partial charge in [-0.25, -0.2) is 4.98 Å². The zero-order valence-electron chi connectivity index (χ0n) is 22.9. The van der Waals surface area contributed by atoms with Crippen molar-refractivity contribution < 1.29 is 4.74 Å². The summed E-state index contributed by atoms with van der Waals surface area (Å²) in [5.74, 6) is 2.94. The van der Waals surface area contributed by atoms with E-state index in [-0.39, 0.29) is 0 Å². The second kappa shape index (κ2) is 14.1. The standard InChI is InChI=1S/C23H26N8O.C3H8.C2H6/c1-15-19-13-17(6-7-20(19)28-27-15)21-26-23(31-10-8-24-9-11-31)22(30-29-21)25-14-16-4-3-5-18(12-16)32-2;1-3-2;1-2/h3-7,12-13,24H,8-11,14H2,1-2H3,(H,25,30)(H,27,28);3H2,1-2H3;1-2H3. The van der Waals surface area contributed by atoms with Crippen molar-refractivity contribution in [3.63, 3.8) is 0 Å². The summed E-state index contributed by atoms with van der Waals surface area (Å²) in [6.07, 6.45) is 1.25. The lowest BCUT2D eigenvalue weighted by Gasteiger charge is -2.29. The topological polar surface area (TPSA) is 104 Å². The Morgan fingerprint density at radius 1 is 1.03 bits per heavy atom. The van der Waals surface area contributed by atoms with Gasteiger partial charge in [0.2, 0.25) is 0 Å². The summed E-state index contributed by atoms with van der Waals surface area (Å²) in [7, 11) is 1.67. The number of H-pyrrole nitrogens is 1. The SMILES string of the molecule is CC.CCC.COc1cccc(CNc2nnc(-c3ccc4n[nH]c(C)c4c3)nc2N2CCNCC2)c1. The van der Waals surface area contributed by atoms with Gasteiger partial charge in [0.1, 0.15) is 5.75 Å². The van der Waals surface area contributed by atoms with Gasteiger partial charge in [-0.15, -0.1) is 10.2 Å². The molecular formula is C28H40N8O. The second-order valence-electron chi connectivity index (χ2n) is 8.54. The first-order valence-electron chi connectivity index (χ1n) is 13.1. The molecule has 1 aliphatic rings. The number of fused-ring (bicyclic) bond motifs is 1. The van der Waals surface area contributed by atoms with Gasteiger partial charge < -0.3 is 20.3 Å². The number of nitrogens with zero attached hydrogens (tertiary/aromatic N) is 5. The lowest BCUT2D eigenvalue weighted by molar-refractivity contribution is 0.414. The maximum Gasteiger partial charge on any atom is 0.192 e. The quantitative estimate of drug-likeness (QED) is 0.329. The van der Waals surface area contributed by atoms with Gasteiger partial charge in [-0.1, -0.05) is 46.2 Å². The number of hydrogen-bond donors (Lipinski definition) is 3. The average Bonchev–Trinajstić information content (AvgIpc) is 3.33. The largest absolute Gasteiger partial charge is 0.497 e. The molecule has 1 aliphatic heterocycles. The molecule has 9 nitrogen and oxygen atoms in total. The van der Waals surface area contributed by atoms with Gasteiger partial charge in [-0.3, -0.25) is 5.10 Å². The van der Waals surface area contributed by atoms with Crippen LogP contribution in [0.3, 0.4) is 0 Å². The number of piperazine rings is 1. The number of rotatable bonds is 6. The molecule has 0 radical (unpaired) electrons. The van der Waals surface area contributed by atoms with E-state index >= 15 is 0 Å². The van der Waals surface area contributed by atoms with Crippen LogP contribution in [0.4, 0.5) is 11.6 Å². The molecule has 0 spiro atoms. The molecular weight excluding hydrogens is 464 g/mol. The maximum absolute atomic E-state index is 5.33. The smallest absolute Gasteiger partial charge is 0.192 e. The lowest BCUT2D eigenvalue weighted by Crippen LogP contribution is -2.44. The normalized spacial score (nSPS) is 12.8. The predicted octanol–water partition coefficient (Wildman–Crippen LogP) is 5.20. The maximum atomic E-state index is 5.33. The molecule has 37 heavy (non-hydrogen) atoms. The van der Waals surface area contributed by atoms with E-state index in [4.69, 9.17) is 9.72 Å². The van der Waals surface area contributed by atoms with Crippen molar-refractivity contribution in [3.05, 3.63) is 53.7 Å². The summed E-state index contributed by atoms with van der Waals surface area (Å²) in [6.45, 7) is 14.4. The summed E-state index contributed by atoms with van der Waals surface area (Å²) >= 11 is 0. The van der Waals surface area contributed by atoms with Crippen LogP contribution in [0, 0.1) is 6.92 Å². The first-order chi connectivity index (χ1) is 18.1. The van der Waals surface area contributed by atoms with Gasteiger partial charge in [0.15, 0.2) is 17.5 Å². The van der Waals surface area contributed by atoms with Crippen LogP contribution in [-0.2, 0) is 6.54 Å². The molecule has 2 aromatic carbocycles. The molecule has 0 saturated carbocycles. The van der Waals surface area contributed by atoms with Crippen LogP contribution >= 0.6 is 0 Å². The van der Waals surface area contributed by atoms with Crippen molar-refractivity contribution in [2.24, 2.45) is 0 Å². The van der Waals surface area contributed by atoms with Crippen LogP contribution in [0.2, 0.25) is 0 Å². The van der Waals surface area contributed by atoms with E-state index in [2.05, 4.69) is 61.9 Å². The number of methoxy groups -OCH3 is 1. The third kappa shape index (κ3) is 7.16. The minimum Gasteiger partial charge on any atom is -0.497 e. The molecule has 3 heterocycles. The molecule has 9 heteroatoms. The fourth-order valence-electron chi connectivity index (χ4n) is 3.90. The number of hydrogen-bond acceptors (Lipinski definition) is 8. The van der Waals surface area contributed by atoms with E-state index in [0.717, 1.165) is 65.5 Å². The molecule has 0 bridgehead atoms. The number of aromatic amines is 1. The Bertz CT molecular complexity index is 1250. The zero-order chi connectivity index (χ0) is 26.6. The summed E-state index contributed by atoms with van der Waals surface area (Å²) < 4.78 is 5.33. The van der Waals surface area contributed by atoms with E-state index < -0.39 is 0 Å². The second-order valence-corrected chi connectivity index (χ2v) is 8.54. The molecule has 4 aromatic rings. The molecule has 0 unspecified atom stereocenters. The third-order valence-electron chi connectivity index (χ3n) is 5.68. The molecule has 2 aromatic heterocycles. The summed E-state index contributed by atoms with van der Waals surface area (Å²) in [5.41, 5.74) is 3.97. The molecule has 1 saturated heterocycles. The van der Waals surface area contributed by atoms with Crippen LogP contribution in [0.15, 0.2) is 42.5 Å². The Labute approximate surface area is 220 Å². The van der Waals surface area contributed by atoms with Crippen molar-refractivity contribution in [1.29, 1.82) is 0 Å². The van der Waals surface area contributed by atoms with Gasteiger partial charge in [0.25, 0.3) is 0 Å². The van der Waals surface area contributed by atoms with Gasteiger partial charge >= 0.3 is 0 Å². The molecule has 0 aliphatic carbocycles. The Morgan fingerprint density at radius 3 is 2.51 bits per heavy atom. The summed E-state index contributed by atoms with van der Waals surface area (Å²) in [4.78, 5) is 7.19. The number of ether oxygens (including phenoxy) is 1. The highest BCUT2D eigenvalue weighted by molar-refractivity contribution is 5.85. The molecule has 5 rings (SSSR count). The van der Waals surface area contributed by atoms with Gasteiger partial charge in [-0.05, 0) is 42.8 Å². The van der Waals surface area contributed by atoms with Crippen LogP contribution < -0.4 is 20.3 Å². The molecule has 1 fully saturated rings. The fraction of sp³-hybridized carbons (Fsp3) is 0.429. The van der Waals surface area contributed by atoms with Crippen molar-refractivity contribution in [2.45, 2.75) is 47.6 Å². The van der Waals surface area contributed by atoms with Crippen LogP contribution in [0.5, 0.6) is 5.75 Å². The van der Waals surface area contributed by atoms with Crippen molar-refractivity contribution in [2.75, 3.05) is 43.5 Å². The Hall–Kier alpha value is -3.72. The summed E-state index contributed by atoms with van der Waals surface area (Å²) in [6, 6.07) is 14.0. The molecule has 3 N–H and O–H groups in total. The van der Waals surface area contributed by atoms with Gasteiger partial charge in [0, 0.05) is 49.4 Å². The average molecular weight is 505 g/mol. The Kier molecular flexibility index (Phi) is 10.6. The number of aryl methyl sites for hydroxylation is 1. The number of aromatic nitrogens is 5. The first-order valence-corrected chi connectivity index (χ1v) is 13.1. The van der Waals surface area contributed by atoms with Crippen molar-refractivity contribution in [1.82, 2.24) is 30.7 Å². The van der Waals surface area contributed by atoms with E-state index in [1.54, 1.807) is 7.11 Å². The minimum atomic E-state index is 0.603. The Morgan fingerprint density at radius 2 is 1.78 bits per heavy atom.